The van der Waals surface area contributed by atoms with Crippen molar-refractivity contribution in [2.75, 3.05) is 7.11 Å². The van der Waals surface area contributed by atoms with E-state index in [-0.39, 0.29) is 18.4 Å². The number of carbonyl (C=O) groups is 2. The molecule has 1 aliphatic rings. The minimum absolute atomic E-state index is 0.0645. The molecule has 3 rings (SSSR count). The first-order valence-electron chi connectivity index (χ1n) is 7.83. The van der Waals surface area contributed by atoms with Crippen LogP contribution in [-0.4, -0.2) is 23.8 Å². The highest BCUT2D eigenvalue weighted by Crippen LogP contribution is 2.34. The molecule has 0 fully saturated rings. The van der Waals surface area contributed by atoms with E-state index < -0.39 is 5.91 Å². The van der Waals surface area contributed by atoms with E-state index >= 15 is 0 Å². The second-order valence-corrected chi connectivity index (χ2v) is 6.01. The fraction of sp³-hybridized carbons (Fsp3) is 0.263. The van der Waals surface area contributed by atoms with Crippen molar-refractivity contribution in [3.8, 4) is 5.75 Å². The number of benzene rings is 2. The Morgan fingerprint density at radius 2 is 2.04 bits per heavy atom. The molecule has 2 N–H and O–H groups in total. The van der Waals surface area contributed by atoms with Gasteiger partial charge in [-0.3, -0.25) is 9.59 Å². The molecule has 24 heavy (non-hydrogen) atoms. The van der Waals surface area contributed by atoms with Gasteiger partial charge in [0.1, 0.15) is 5.75 Å². The van der Waals surface area contributed by atoms with Crippen LogP contribution in [0.4, 0.5) is 0 Å². The van der Waals surface area contributed by atoms with Gasteiger partial charge < -0.3 is 15.4 Å². The van der Waals surface area contributed by atoms with Gasteiger partial charge in [-0.1, -0.05) is 30.3 Å². The molecule has 0 radical (unpaired) electrons. The summed E-state index contributed by atoms with van der Waals surface area (Å²) in [5.41, 5.74) is 8.94. The third-order valence-corrected chi connectivity index (χ3v) is 4.42. The van der Waals surface area contributed by atoms with E-state index in [0.29, 0.717) is 12.1 Å². The number of carbonyl (C=O) groups excluding carboxylic acids is 2. The first-order chi connectivity index (χ1) is 11.5. The molecular weight excluding hydrogens is 304 g/mol. The summed E-state index contributed by atoms with van der Waals surface area (Å²) in [4.78, 5) is 26.1. The summed E-state index contributed by atoms with van der Waals surface area (Å²) in [5, 5.41) is 0. The Labute approximate surface area is 141 Å². The number of nitrogens with zero attached hydrogens (tertiary/aromatic N) is 1. The second kappa shape index (κ2) is 6.35. The molecule has 0 saturated carbocycles. The number of nitrogens with two attached hydrogens (primary N) is 1. The fourth-order valence-corrected chi connectivity index (χ4v) is 3.24. The van der Waals surface area contributed by atoms with Crippen molar-refractivity contribution in [2.45, 2.75) is 25.9 Å². The molecule has 5 nitrogen and oxygen atoms in total. The lowest BCUT2D eigenvalue weighted by molar-refractivity contribution is -0.119. The molecule has 124 valence electrons. The Morgan fingerprint density at radius 1 is 1.29 bits per heavy atom. The van der Waals surface area contributed by atoms with E-state index in [1.807, 2.05) is 49.4 Å². The number of methoxy groups -OCH3 is 1. The zero-order valence-electron chi connectivity index (χ0n) is 13.8. The van der Waals surface area contributed by atoms with Crippen molar-refractivity contribution in [2.24, 2.45) is 5.73 Å². The number of amides is 2. The van der Waals surface area contributed by atoms with Crippen LogP contribution >= 0.6 is 0 Å². The molecule has 0 saturated heterocycles. The summed E-state index contributed by atoms with van der Waals surface area (Å²) in [6.07, 6.45) is 0.0888. The SMILES string of the molecule is COc1ccc([C@@H](CC(N)=O)N2Cc3ccccc3C2=O)cc1C. The molecule has 0 bridgehead atoms. The van der Waals surface area contributed by atoms with Crippen LogP contribution < -0.4 is 10.5 Å². The Balaban J connectivity index is 1.98. The van der Waals surface area contributed by atoms with Crippen molar-refractivity contribution in [3.63, 3.8) is 0 Å². The van der Waals surface area contributed by atoms with E-state index in [0.717, 1.165) is 22.4 Å². The zero-order valence-corrected chi connectivity index (χ0v) is 13.8. The van der Waals surface area contributed by atoms with Gasteiger partial charge in [0.15, 0.2) is 0 Å². The van der Waals surface area contributed by atoms with Crippen LogP contribution in [0.1, 0.15) is 39.5 Å². The average Bonchev–Trinajstić information content (AvgIpc) is 2.89. The minimum Gasteiger partial charge on any atom is -0.496 e. The van der Waals surface area contributed by atoms with Crippen molar-refractivity contribution >= 4 is 11.8 Å². The van der Waals surface area contributed by atoms with Crippen LogP contribution in [-0.2, 0) is 11.3 Å². The van der Waals surface area contributed by atoms with Gasteiger partial charge in [0.2, 0.25) is 5.91 Å². The Bertz CT molecular complexity index is 801. The average molecular weight is 324 g/mol. The van der Waals surface area contributed by atoms with Gasteiger partial charge in [0.05, 0.1) is 19.6 Å². The first-order valence-corrected chi connectivity index (χ1v) is 7.83. The molecule has 2 aromatic carbocycles. The maximum Gasteiger partial charge on any atom is 0.255 e. The lowest BCUT2D eigenvalue weighted by atomic mass is 9.99. The van der Waals surface area contributed by atoms with Gasteiger partial charge in [0, 0.05) is 12.1 Å². The molecule has 0 spiro atoms. The van der Waals surface area contributed by atoms with Crippen molar-refractivity contribution in [1.82, 2.24) is 4.90 Å². The number of rotatable bonds is 5. The topological polar surface area (TPSA) is 72.6 Å². The van der Waals surface area contributed by atoms with E-state index in [2.05, 4.69) is 0 Å². The van der Waals surface area contributed by atoms with E-state index in [9.17, 15) is 9.59 Å². The number of fused-ring (bicyclic) bond motifs is 1. The van der Waals surface area contributed by atoms with Crippen molar-refractivity contribution in [3.05, 3.63) is 64.7 Å². The maximum absolute atomic E-state index is 12.8. The van der Waals surface area contributed by atoms with E-state index in [1.54, 1.807) is 12.0 Å². The summed E-state index contributed by atoms with van der Waals surface area (Å²) in [5.74, 6) is 0.273. The monoisotopic (exact) mass is 324 g/mol. The summed E-state index contributed by atoms with van der Waals surface area (Å²) in [6.45, 7) is 2.42. The van der Waals surface area contributed by atoms with Gasteiger partial charge in [-0.15, -0.1) is 0 Å². The number of hydrogen-bond acceptors (Lipinski definition) is 3. The summed E-state index contributed by atoms with van der Waals surface area (Å²) in [7, 11) is 1.61. The van der Waals surface area contributed by atoms with Crippen LogP contribution in [0.25, 0.3) is 0 Å². The van der Waals surface area contributed by atoms with E-state index in [1.165, 1.54) is 0 Å². The van der Waals surface area contributed by atoms with Crippen LogP contribution in [0.3, 0.4) is 0 Å². The molecule has 1 heterocycles. The second-order valence-electron chi connectivity index (χ2n) is 6.01. The highest BCUT2D eigenvalue weighted by molar-refractivity contribution is 5.98. The lowest BCUT2D eigenvalue weighted by Gasteiger charge is -2.28. The molecule has 0 aliphatic carbocycles. The fourth-order valence-electron chi connectivity index (χ4n) is 3.24. The number of ether oxygens (including phenoxy) is 1. The van der Waals surface area contributed by atoms with Crippen LogP contribution in [0.5, 0.6) is 5.75 Å². The van der Waals surface area contributed by atoms with Crippen LogP contribution in [0.2, 0.25) is 0 Å². The molecule has 2 amide bonds. The highest BCUT2D eigenvalue weighted by Gasteiger charge is 2.34. The molecule has 1 atom stereocenters. The Hall–Kier alpha value is -2.82. The smallest absolute Gasteiger partial charge is 0.255 e. The van der Waals surface area contributed by atoms with Gasteiger partial charge >= 0.3 is 0 Å². The standard InChI is InChI=1S/C19H20N2O3/c1-12-9-13(7-8-17(12)24-2)16(10-18(20)22)21-11-14-5-3-4-6-15(14)19(21)23/h3-9,16H,10-11H2,1-2H3,(H2,20,22)/t16-/m1/s1. The largest absolute Gasteiger partial charge is 0.496 e. The number of aryl methyl sites for hydroxylation is 1. The molecular formula is C19H20N2O3. The van der Waals surface area contributed by atoms with Gasteiger partial charge in [-0.05, 0) is 35.7 Å². The maximum atomic E-state index is 12.8. The van der Waals surface area contributed by atoms with Crippen LogP contribution in [0.15, 0.2) is 42.5 Å². The molecule has 1 aliphatic heterocycles. The molecule has 0 unspecified atom stereocenters. The molecule has 2 aromatic rings. The molecule has 0 aromatic heterocycles. The quantitative estimate of drug-likeness (QED) is 0.919. The molecule has 5 heteroatoms. The van der Waals surface area contributed by atoms with Gasteiger partial charge in [-0.25, -0.2) is 0 Å². The normalized spacial score (nSPS) is 14.4. The predicted octanol–water partition coefficient (Wildman–Crippen LogP) is 2.58. The lowest BCUT2D eigenvalue weighted by Crippen LogP contribution is -2.32. The summed E-state index contributed by atoms with van der Waals surface area (Å²) >= 11 is 0. The third kappa shape index (κ3) is 2.85. The minimum atomic E-state index is -0.433. The highest BCUT2D eigenvalue weighted by atomic mass is 16.5. The number of hydrogen-bond donors (Lipinski definition) is 1. The third-order valence-electron chi connectivity index (χ3n) is 4.42. The van der Waals surface area contributed by atoms with E-state index in [4.69, 9.17) is 10.5 Å². The number of primary amides is 1. The summed E-state index contributed by atoms with van der Waals surface area (Å²) < 4.78 is 5.29. The predicted molar refractivity (Wildman–Crippen MR) is 90.6 cm³/mol. The van der Waals surface area contributed by atoms with Crippen LogP contribution in [0, 0.1) is 6.92 Å². The summed E-state index contributed by atoms with van der Waals surface area (Å²) in [6, 6.07) is 12.8. The zero-order chi connectivity index (χ0) is 17.3. The Kier molecular flexibility index (Phi) is 4.25. The van der Waals surface area contributed by atoms with Crippen molar-refractivity contribution < 1.29 is 14.3 Å². The Morgan fingerprint density at radius 3 is 2.67 bits per heavy atom. The first kappa shape index (κ1) is 16.1. The van der Waals surface area contributed by atoms with Gasteiger partial charge in [0.25, 0.3) is 5.91 Å². The van der Waals surface area contributed by atoms with Crippen molar-refractivity contribution in [1.29, 1.82) is 0 Å². The van der Waals surface area contributed by atoms with Gasteiger partial charge in [-0.2, -0.15) is 0 Å².